The van der Waals surface area contributed by atoms with Gasteiger partial charge >= 0.3 is 0 Å². The van der Waals surface area contributed by atoms with E-state index >= 15 is 0 Å². The lowest BCUT2D eigenvalue weighted by atomic mass is 10.1. The van der Waals surface area contributed by atoms with Gasteiger partial charge in [0.05, 0.1) is 20.7 Å². The van der Waals surface area contributed by atoms with Gasteiger partial charge in [-0.3, -0.25) is 20.0 Å². The number of thiazole rings is 1. The van der Waals surface area contributed by atoms with Gasteiger partial charge in [0, 0.05) is 56.4 Å². The first-order chi connectivity index (χ1) is 14.2. The summed E-state index contributed by atoms with van der Waals surface area (Å²) in [5, 5.41) is 13.1. The van der Waals surface area contributed by atoms with Crippen LogP contribution in [-0.2, 0) is 6.54 Å². The van der Waals surface area contributed by atoms with Crippen molar-refractivity contribution in [1.82, 2.24) is 14.9 Å². The molecule has 8 heteroatoms. The number of hydrogen-bond acceptors (Lipinski definition) is 7. The molecule has 0 saturated carbocycles. The molecule has 29 heavy (non-hydrogen) atoms. The number of anilines is 1. The van der Waals surface area contributed by atoms with Crippen LogP contribution in [0.3, 0.4) is 0 Å². The van der Waals surface area contributed by atoms with E-state index in [1.807, 2.05) is 12.3 Å². The molecule has 2 aromatic heterocycles. The third-order valence-corrected chi connectivity index (χ3v) is 6.40. The zero-order valence-electron chi connectivity index (χ0n) is 15.7. The SMILES string of the molecule is O=[N+]([O-])c1ccc2nc(N3CCN(Cc4cccc5cccnc45)CC3)sc2c1. The number of nitrogens with zero attached hydrogens (tertiary/aromatic N) is 5. The average molecular weight is 405 g/mol. The number of benzene rings is 2. The fourth-order valence-electron chi connectivity index (χ4n) is 3.78. The Balaban J connectivity index is 1.29. The molecule has 1 aliphatic rings. The van der Waals surface area contributed by atoms with Crippen LogP contribution in [0.15, 0.2) is 54.7 Å². The van der Waals surface area contributed by atoms with Crippen molar-refractivity contribution in [1.29, 1.82) is 0 Å². The molecule has 1 saturated heterocycles. The Kier molecular flexibility index (Phi) is 4.57. The molecular weight excluding hydrogens is 386 g/mol. The van der Waals surface area contributed by atoms with Gasteiger partial charge in [0.1, 0.15) is 0 Å². The number of para-hydroxylation sites is 1. The third kappa shape index (κ3) is 3.52. The topological polar surface area (TPSA) is 75.4 Å². The Bertz CT molecular complexity index is 1190. The third-order valence-electron chi connectivity index (χ3n) is 5.32. The molecule has 0 amide bonds. The molecule has 0 N–H and O–H groups in total. The summed E-state index contributed by atoms with van der Waals surface area (Å²) >= 11 is 1.52. The summed E-state index contributed by atoms with van der Waals surface area (Å²) in [5.74, 6) is 0. The molecule has 3 heterocycles. The highest BCUT2D eigenvalue weighted by Gasteiger charge is 2.21. The van der Waals surface area contributed by atoms with Gasteiger partial charge in [-0.2, -0.15) is 0 Å². The minimum Gasteiger partial charge on any atom is -0.345 e. The van der Waals surface area contributed by atoms with E-state index in [0.717, 1.165) is 53.6 Å². The molecule has 1 aliphatic heterocycles. The maximum absolute atomic E-state index is 11.0. The number of piperazine rings is 1. The van der Waals surface area contributed by atoms with Gasteiger partial charge in [-0.1, -0.05) is 35.6 Å². The predicted molar refractivity (Wildman–Crippen MR) is 116 cm³/mol. The molecule has 7 nitrogen and oxygen atoms in total. The molecule has 0 radical (unpaired) electrons. The number of pyridine rings is 1. The summed E-state index contributed by atoms with van der Waals surface area (Å²) in [4.78, 5) is 24.6. The Morgan fingerprint density at radius 2 is 1.90 bits per heavy atom. The number of rotatable bonds is 4. The zero-order chi connectivity index (χ0) is 19.8. The molecule has 0 spiro atoms. The quantitative estimate of drug-likeness (QED) is 0.376. The van der Waals surface area contributed by atoms with Gasteiger partial charge in [-0.15, -0.1) is 0 Å². The van der Waals surface area contributed by atoms with Crippen LogP contribution in [0.4, 0.5) is 10.8 Å². The minimum atomic E-state index is -0.361. The summed E-state index contributed by atoms with van der Waals surface area (Å²) < 4.78 is 0.860. The lowest BCUT2D eigenvalue weighted by Crippen LogP contribution is -2.45. The Morgan fingerprint density at radius 1 is 1.07 bits per heavy atom. The lowest BCUT2D eigenvalue weighted by Gasteiger charge is -2.34. The van der Waals surface area contributed by atoms with E-state index in [9.17, 15) is 10.1 Å². The molecule has 5 rings (SSSR count). The largest absolute Gasteiger partial charge is 0.345 e. The van der Waals surface area contributed by atoms with Gasteiger partial charge in [-0.05, 0) is 17.7 Å². The van der Waals surface area contributed by atoms with E-state index in [1.54, 1.807) is 12.1 Å². The fraction of sp³-hybridized carbons (Fsp3) is 0.238. The van der Waals surface area contributed by atoms with Crippen molar-refractivity contribution in [2.45, 2.75) is 6.54 Å². The number of fused-ring (bicyclic) bond motifs is 2. The Labute approximate surface area is 171 Å². The normalized spacial score (nSPS) is 15.2. The summed E-state index contributed by atoms with van der Waals surface area (Å²) in [5.41, 5.74) is 3.26. The van der Waals surface area contributed by atoms with Crippen LogP contribution in [0.2, 0.25) is 0 Å². The highest BCUT2D eigenvalue weighted by Crippen LogP contribution is 2.32. The molecule has 0 aliphatic carbocycles. The van der Waals surface area contributed by atoms with E-state index in [2.05, 4.69) is 44.0 Å². The van der Waals surface area contributed by atoms with Crippen LogP contribution >= 0.6 is 11.3 Å². The summed E-state index contributed by atoms with van der Waals surface area (Å²) in [6.45, 7) is 4.55. The van der Waals surface area contributed by atoms with Crippen molar-refractivity contribution >= 4 is 43.3 Å². The molecule has 0 atom stereocenters. The molecule has 0 bridgehead atoms. The van der Waals surface area contributed by atoms with Crippen molar-refractivity contribution in [2.24, 2.45) is 0 Å². The number of nitro benzene ring substituents is 1. The van der Waals surface area contributed by atoms with Crippen molar-refractivity contribution in [3.8, 4) is 0 Å². The highest BCUT2D eigenvalue weighted by molar-refractivity contribution is 7.22. The molecular formula is C21H19N5O2S. The van der Waals surface area contributed by atoms with E-state index in [1.165, 1.54) is 28.4 Å². The second kappa shape index (κ2) is 7.38. The summed E-state index contributed by atoms with van der Waals surface area (Å²) in [7, 11) is 0. The predicted octanol–water partition coefficient (Wildman–Crippen LogP) is 4.07. The maximum Gasteiger partial charge on any atom is 0.270 e. The zero-order valence-corrected chi connectivity index (χ0v) is 16.5. The van der Waals surface area contributed by atoms with Gasteiger partial charge in [0.25, 0.3) is 5.69 Å². The van der Waals surface area contributed by atoms with Crippen molar-refractivity contribution in [2.75, 3.05) is 31.1 Å². The lowest BCUT2D eigenvalue weighted by molar-refractivity contribution is -0.384. The van der Waals surface area contributed by atoms with Crippen LogP contribution in [0.25, 0.3) is 21.1 Å². The summed E-state index contributed by atoms with van der Waals surface area (Å²) in [6, 6.07) is 15.3. The number of aromatic nitrogens is 2. The molecule has 4 aromatic rings. The minimum absolute atomic E-state index is 0.112. The molecule has 1 fully saturated rings. The monoisotopic (exact) mass is 405 g/mol. The van der Waals surface area contributed by atoms with E-state index < -0.39 is 0 Å². The van der Waals surface area contributed by atoms with Crippen LogP contribution in [-0.4, -0.2) is 46.0 Å². The average Bonchev–Trinajstić information content (AvgIpc) is 3.18. The van der Waals surface area contributed by atoms with Crippen LogP contribution in [0.5, 0.6) is 0 Å². The van der Waals surface area contributed by atoms with Gasteiger partial charge < -0.3 is 4.90 Å². The summed E-state index contributed by atoms with van der Waals surface area (Å²) in [6.07, 6.45) is 1.85. The van der Waals surface area contributed by atoms with Crippen LogP contribution in [0.1, 0.15) is 5.56 Å². The first-order valence-corrected chi connectivity index (χ1v) is 10.3. The second-order valence-corrected chi connectivity index (χ2v) is 8.17. The fourth-order valence-corrected chi connectivity index (χ4v) is 4.83. The van der Waals surface area contributed by atoms with E-state index in [-0.39, 0.29) is 10.6 Å². The number of non-ortho nitro benzene ring substituents is 1. The van der Waals surface area contributed by atoms with Crippen LogP contribution in [0, 0.1) is 10.1 Å². The van der Waals surface area contributed by atoms with Gasteiger partial charge in [-0.25, -0.2) is 4.98 Å². The van der Waals surface area contributed by atoms with Crippen molar-refractivity contribution in [3.63, 3.8) is 0 Å². The van der Waals surface area contributed by atoms with E-state index in [4.69, 9.17) is 0 Å². The molecule has 0 unspecified atom stereocenters. The maximum atomic E-state index is 11.0. The van der Waals surface area contributed by atoms with E-state index in [0.29, 0.717) is 0 Å². The number of hydrogen-bond donors (Lipinski definition) is 0. The Hall–Kier alpha value is -3.10. The van der Waals surface area contributed by atoms with Crippen molar-refractivity contribution in [3.05, 3.63) is 70.4 Å². The highest BCUT2D eigenvalue weighted by atomic mass is 32.1. The van der Waals surface area contributed by atoms with Gasteiger partial charge in [0.15, 0.2) is 5.13 Å². The van der Waals surface area contributed by atoms with Crippen LogP contribution < -0.4 is 4.90 Å². The first kappa shape index (κ1) is 18.0. The Morgan fingerprint density at radius 3 is 2.72 bits per heavy atom. The second-order valence-electron chi connectivity index (χ2n) is 7.16. The molecule has 2 aromatic carbocycles. The van der Waals surface area contributed by atoms with Gasteiger partial charge in [0.2, 0.25) is 0 Å². The number of nitro groups is 1. The van der Waals surface area contributed by atoms with Crippen molar-refractivity contribution < 1.29 is 4.92 Å². The first-order valence-electron chi connectivity index (χ1n) is 9.52. The standard InChI is InChI=1S/C21H19N5O2S/c27-26(28)17-6-7-18-19(13-17)29-21(23-18)25-11-9-24(10-12-25)14-16-4-1-3-15-5-2-8-22-20(15)16/h1-8,13H,9-12,14H2. The molecule has 146 valence electrons. The smallest absolute Gasteiger partial charge is 0.270 e.